The molecule has 2 aromatic rings. The molecule has 0 saturated carbocycles. The maximum absolute atomic E-state index is 11.7. The minimum absolute atomic E-state index is 0.220. The van der Waals surface area contributed by atoms with Gasteiger partial charge in [-0.3, -0.25) is 10.1 Å². The Kier molecular flexibility index (Phi) is 4.38. The van der Waals surface area contributed by atoms with E-state index in [1.807, 2.05) is 30.3 Å². The Hall–Kier alpha value is -1.79. The van der Waals surface area contributed by atoms with E-state index in [0.717, 1.165) is 5.56 Å². The molecule has 5 nitrogen and oxygen atoms in total. The van der Waals surface area contributed by atoms with Crippen LogP contribution in [0.25, 0.3) is 0 Å². The van der Waals surface area contributed by atoms with E-state index < -0.39 is 6.10 Å². The van der Waals surface area contributed by atoms with Crippen molar-refractivity contribution >= 4 is 22.4 Å². The molecule has 1 N–H and O–H groups in total. The molecule has 1 atom stereocenters. The summed E-state index contributed by atoms with van der Waals surface area (Å²) < 4.78 is 5.48. The van der Waals surface area contributed by atoms with Crippen molar-refractivity contribution in [3.8, 4) is 0 Å². The van der Waals surface area contributed by atoms with Gasteiger partial charge in [-0.05, 0) is 12.5 Å². The highest BCUT2D eigenvalue weighted by atomic mass is 32.1. The molecule has 1 amide bonds. The van der Waals surface area contributed by atoms with Crippen LogP contribution in [0.3, 0.4) is 0 Å². The molecule has 1 aromatic carbocycles. The van der Waals surface area contributed by atoms with Crippen LogP contribution in [0, 0.1) is 0 Å². The number of hydrogen-bond acceptors (Lipinski definition) is 5. The molecule has 0 unspecified atom stereocenters. The van der Waals surface area contributed by atoms with Crippen molar-refractivity contribution in [2.45, 2.75) is 19.6 Å². The van der Waals surface area contributed by atoms with Gasteiger partial charge in [0.2, 0.25) is 5.13 Å². The Morgan fingerprint density at radius 2 is 2.22 bits per heavy atom. The Bertz CT molecular complexity index is 487. The molecule has 0 radical (unpaired) electrons. The molecule has 6 heteroatoms. The van der Waals surface area contributed by atoms with Gasteiger partial charge in [0.15, 0.2) is 0 Å². The van der Waals surface area contributed by atoms with Crippen molar-refractivity contribution < 1.29 is 9.53 Å². The van der Waals surface area contributed by atoms with Crippen molar-refractivity contribution in [2.24, 2.45) is 0 Å². The van der Waals surface area contributed by atoms with Gasteiger partial charge in [-0.2, -0.15) is 0 Å². The van der Waals surface area contributed by atoms with E-state index in [9.17, 15) is 4.79 Å². The molecule has 0 aliphatic heterocycles. The van der Waals surface area contributed by atoms with Crippen LogP contribution in [-0.4, -0.2) is 22.2 Å². The molecule has 18 heavy (non-hydrogen) atoms. The summed E-state index contributed by atoms with van der Waals surface area (Å²) in [4.78, 5) is 11.7. The first kappa shape index (κ1) is 12.7. The lowest BCUT2D eigenvalue weighted by molar-refractivity contribution is -0.127. The molecule has 2 rings (SSSR count). The number of ether oxygens (including phenoxy) is 1. The van der Waals surface area contributed by atoms with Crippen LogP contribution < -0.4 is 5.32 Å². The number of carbonyl (C=O) groups excluding carboxylic acids is 1. The second-order valence-corrected chi connectivity index (χ2v) is 4.51. The predicted molar refractivity (Wildman–Crippen MR) is 69.2 cm³/mol. The normalized spacial score (nSPS) is 12.1. The SMILES string of the molecule is C[C@@H](OCc1ccccc1)C(=O)Nc1nncs1. The summed E-state index contributed by atoms with van der Waals surface area (Å²) in [5, 5.41) is 10.5. The van der Waals surface area contributed by atoms with E-state index in [0.29, 0.717) is 11.7 Å². The molecule has 1 heterocycles. The van der Waals surface area contributed by atoms with Crippen molar-refractivity contribution in [1.82, 2.24) is 10.2 Å². The minimum Gasteiger partial charge on any atom is -0.364 e. The van der Waals surface area contributed by atoms with E-state index in [2.05, 4.69) is 15.5 Å². The van der Waals surface area contributed by atoms with Gasteiger partial charge < -0.3 is 4.74 Å². The maximum atomic E-state index is 11.7. The third kappa shape index (κ3) is 3.61. The van der Waals surface area contributed by atoms with Gasteiger partial charge >= 0.3 is 0 Å². The zero-order valence-corrected chi connectivity index (χ0v) is 10.7. The van der Waals surface area contributed by atoms with E-state index in [-0.39, 0.29) is 5.91 Å². The first-order chi connectivity index (χ1) is 8.75. The van der Waals surface area contributed by atoms with Crippen LogP contribution in [0.4, 0.5) is 5.13 Å². The molecule has 0 fully saturated rings. The summed E-state index contributed by atoms with van der Waals surface area (Å²) in [6, 6.07) is 9.72. The Balaban J connectivity index is 1.81. The van der Waals surface area contributed by atoms with Gasteiger partial charge in [0.25, 0.3) is 5.91 Å². The van der Waals surface area contributed by atoms with Gasteiger partial charge in [-0.25, -0.2) is 0 Å². The van der Waals surface area contributed by atoms with Crippen molar-refractivity contribution in [1.29, 1.82) is 0 Å². The zero-order valence-electron chi connectivity index (χ0n) is 9.87. The van der Waals surface area contributed by atoms with E-state index in [1.165, 1.54) is 11.3 Å². The lowest BCUT2D eigenvalue weighted by Crippen LogP contribution is -2.27. The summed E-state index contributed by atoms with van der Waals surface area (Å²) in [5.41, 5.74) is 2.60. The van der Waals surface area contributed by atoms with Crippen molar-refractivity contribution in [3.63, 3.8) is 0 Å². The predicted octanol–water partition coefficient (Wildman–Crippen LogP) is 2.08. The Labute approximate surface area is 109 Å². The first-order valence-corrected chi connectivity index (χ1v) is 6.36. The highest BCUT2D eigenvalue weighted by Gasteiger charge is 2.14. The lowest BCUT2D eigenvalue weighted by Gasteiger charge is -2.11. The van der Waals surface area contributed by atoms with Crippen LogP contribution in [0.5, 0.6) is 0 Å². The molecular formula is C12H13N3O2S. The van der Waals surface area contributed by atoms with Crippen LogP contribution in [0.15, 0.2) is 35.8 Å². The number of carbonyl (C=O) groups is 1. The van der Waals surface area contributed by atoms with E-state index >= 15 is 0 Å². The molecule has 0 bridgehead atoms. The van der Waals surface area contributed by atoms with Crippen LogP contribution in [0.2, 0.25) is 0 Å². The highest BCUT2D eigenvalue weighted by molar-refractivity contribution is 7.13. The van der Waals surface area contributed by atoms with Crippen LogP contribution in [-0.2, 0) is 16.1 Å². The second-order valence-electron chi connectivity index (χ2n) is 3.67. The standard InChI is InChI=1S/C12H13N3O2S/c1-9(11(16)14-12-15-13-8-18-12)17-7-10-5-3-2-4-6-10/h2-6,8-9H,7H2,1H3,(H,14,15,16)/t9-/m1/s1. The smallest absolute Gasteiger partial charge is 0.255 e. The molecule has 0 aliphatic rings. The third-order valence-electron chi connectivity index (χ3n) is 2.30. The number of rotatable bonds is 5. The maximum Gasteiger partial charge on any atom is 0.255 e. The van der Waals surface area contributed by atoms with E-state index in [4.69, 9.17) is 4.74 Å². The fraction of sp³-hybridized carbons (Fsp3) is 0.250. The largest absolute Gasteiger partial charge is 0.364 e. The summed E-state index contributed by atoms with van der Waals surface area (Å²) in [6.45, 7) is 2.12. The number of amides is 1. The fourth-order valence-electron chi connectivity index (χ4n) is 1.31. The van der Waals surface area contributed by atoms with Gasteiger partial charge in [0, 0.05) is 0 Å². The summed E-state index contributed by atoms with van der Waals surface area (Å²) >= 11 is 1.27. The van der Waals surface area contributed by atoms with Gasteiger partial charge in [0.1, 0.15) is 11.6 Å². The average Bonchev–Trinajstić information content (AvgIpc) is 2.90. The molecular weight excluding hydrogens is 250 g/mol. The number of aromatic nitrogens is 2. The third-order valence-corrected chi connectivity index (χ3v) is 2.91. The quantitative estimate of drug-likeness (QED) is 0.897. The topological polar surface area (TPSA) is 64.1 Å². The molecule has 0 aliphatic carbocycles. The second kappa shape index (κ2) is 6.23. The molecule has 0 saturated heterocycles. The number of nitrogens with zero attached hydrogens (tertiary/aromatic N) is 2. The van der Waals surface area contributed by atoms with Crippen molar-refractivity contribution in [3.05, 3.63) is 41.4 Å². The van der Waals surface area contributed by atoms with Gasteiger partial charge in [-0.15, -0.1) is 10.2 Å². The fourth-order valence-corrected chi connectivity index (χ4v) is 1.75. The first-order valence-electron chi connectivity index (χ1n) is 5.48. The lowest BCUT2D eigenvalue weighted by atomic mass is 10.2. The molecule has 0 spiro atoms. The molecule has 1 aromatic heterocycles. The highest BCUT2D eigenvalue weighted by Crippen LogP contribution is 2.10. The van der Waals surface area contributed by atoms with Crippen LogP contribution in [0.1, 0.15) is 12.5 Å². The number of benzene rings is 1. The minimum atomic E-state index is -0.533. The molecule has 94 valence electrons. The van der Waals surface area contributed by atoms with Gasteiger partial charge in [0.05, 0.1) is 6.61 Å². The Morgan fingerprint density at radius 1 is 1.44 bits per heavy atom. The van der Waals surface area contributed by atoms with Crippen LogP contribution >= 0.6 is 11.3 Å². The number of hydrogen-bond donors (Lipinski definition) is 1. The summed E-state index contributed by atoms with van der Waals surface area (Å²) in [6.07, 6.45) is -0.533. The number of nitrogens with one attached hydrogen (secondary N) is 1. The summed E-state index contributed by atoms with van der Waals surface area (Å²) in [7, 11) is 0. The zero-order chi connectivity index (χ0) is 12.8. The van der Waals surface area contributed by atoms with Gasteiger partial charge in [-0.1, -0.05) is 41.7 Å². The van der Waals surface area contributed by atoms with Crippen molar-refractivity contribution in [2.75, 3.05) is 5.32 Å². The average molecular weight is 263 g/mol. The monoisotopic (exact) mass is 263 g/mol. The number of anilines is 1. The van der Waals surface area contributed by atoms with E-state index in [1.54, 1.807) is 12.4 Å². The Morgan fingerprint density at radius 3 is 2.89 bits per heavy atom. The summed E-state index contributed by atoms with van der Waals surface area (Å²) in [5.74, 6) is -0.220.